The number of hydrogen-bond acceptors (Lipinski definition) is 6. The van der Waals surface area contributed by atoms with Gasteiger partial charge in [-0.15, -0.1) is 5.10 Å². The van der Waals surface area contributed by atoms with E-state index in [0.717, 1.165) is 11.8 Å². The Labute approximate surface area is 185 Å². The average Bonchev–Trinajstić information content (AvgIpc) is 3.38. The van der Waals surface area contributed by atoms with E-state index in [1.165, 1.54) is 34.0 Å². The lowest BCUT2D eigenvalue weighted by molar-refractivity contribution is 0.101. The van der Waals surface area contributed by atoms with Crippen molar-refractivity contribution in [3.63, 3.8) is 0 Å². The molecule has 9 nitrogen and oxygen atoms in total. The fourth-order valence-corrected chi connectivity index (χ4v) is 3.49. The number of carbonyl (C=O) groups excluding carboxylic acids is 1. The first kappa shape index (κ1) is 19.8. The molecule has 0 atom stereocenters. The predicted octanol–water partition coefficient (Wildman–Crippen LogP) is 3.63. The third-order valence-electron chi connectivity index (χ3n) is 4.78. The minimum atomic E-state index is -0.667. The van der Waals surface area contributed by atoms with Gasteiger partial charge in [0.05, 0.1) is 34.4 Å². The number of fused-ring (bicyclic) bond motifs is 1. The number of aryl methyl sites for hydroxylation is 1. The van der Waals surface area contributed by atoms with Crippen molar-refractivity contribution in [2.75, 3.05) is 5.32 Å². The van der Waals surface area contributed by atoms with Gasteiger partial charge in [-0.1, -0.05) is 41.9 Å². The number of amides is 1. The zero-order valence-electron chi connectivity index (χ0n) is 16.6. The first-order chi connectivity index (χ1) is 15.5. The van der Waals surface area contributed by atoms with Gasteiger partial charge in [0, 0.05) is 24.9 Å². The normalized spacial score (nSPS) is 11.1. The summed E-state index contributed by atoms with van der Waals surface area (Å²) in [5.74, 6) is -0.805. The van der Waals surface area contributed by atoms with Crippen LogP contribution in [0, 0.1) is 5.82 Å². The molecule has 1 amide bonds. The molecule has 0 aliphatic carbocycles. The van der Waals surface area contributed by atoms with Crippen molar-refractivity contribution in [3.05, 3.63) is 77.8 Å². The number of hydrogen-bond donors (Lipinski definition) is 1. The molecule has 0 aliphatic rings. The Morgan fingerprint density at radius 1 is 1.19 bits per heavy atom. The van der Waals surface area contributed by atoms with Gasteiger partial charge in [-0.3, -0.25) is 9.48 Å². The van der Waals surface area contributed by atoms with E-state index in [0.29, 0.717) is 22.7 Å². The molecule has 0 radical (unpaired) electrons. The standard InChI is InChI=1S/C21H14ClFN8O/c1-30-19(13(8-26-30)18-14(22)9-24-11-25-18)21(32)27-16-7-17-28-20(12-5-3-2-4-6-12)29-31(17)10-15(16)23/h2-11H,1H3,(H,27,32). The van der Waals surface area contributed by atoms with Crippen molar-refractivity contribution in [1.29, 1.82) is 0 Å². The molecule has 0 bridgehead atoms. The van der Waals surface area contributed by atoms with Gasteiger partial charge in [0.15, 0.2) is 17.3 Å². The number of benzene rings is 1. The number of nitrogens with one attached hydrogen (secondary N) is 1. The van der Waals surface area contributed by atoms with Crippen molar-refractivity contribution >= 4 is 28.8 Å². The van der Waals surface area contributed by atoms with E-state index < -0.39 is 11.7 Å². The van der Waals surface area contributed by atoms with Crippen LogP contribution in [0.5, 0.6) is 0 Å². The molecule has 0 saturated carbocycles. The summed E-state index contributed by atoms with van der Waals surface area (Å²) in [7, 11) is 1.59. The lowest BCUT2D eigenvalue weighted by Gasteiger charge is -2.09. The Kier molecular flexibility index (Phi) is 4.83. The second-order valence-electron chi connectivity index (χ2n) is 6.84. The van der Waals surface area contributed by atoms with Crippen molar-refractivity contribution in [2.24, 2.45) is 7.05 Å². The second kappa shape index (κ2) is 7.82. The van der Waals surface area contributed by atoms with Gasteiger partial charge in [-0.2, -0.15) is 5.10 Å². The Morgan fingerprint density at radius 3 is 2.78 bits per heavy atom. The predicted molar refractivity (Wildman–Crippen MR) is 116 cm³/mol. The van der Waals surface area contributed by atoms with Crippen molar-refractivity contribution < 1.29 is 9.18 Å². The smallest absolute Gasteiger partial charge is 0.274 e. The average molecular weight is 449 g/mol. The van der Waals surface area contributed by atoms with Crippen LogP contribution >= 0.6 is 11.6 Å². The van der Waals surface area contributed by atoms with E-state index in [2.05, 4.69) is 30.5 Å². The largest absolute Gasteiger partial charge is 0.318 e. The monoisotopic (exact) mass is 448 g/mol. The molecule has 5 aromatic rings. The molecular formula is C21H14ClFN8O. The molecule has 11 heteroatoms. The van der Waals surface area contributed by atoms with E-state index in [1.807, 2.05) is 30.3 Å². The fourth-order valence-electron chi connectivity index (χ4n) is 3.28. The molecule has 0 unspecified atom stereocenters. The number of halogens is 2. The quantitative estimate of drug-likeness (QED) is 0.450. The zero-order chi connectivity index (χ0) is 22.2. The zero-order valence-corrected chi connectivity index (χ0v) is 17.3. The van der Waals surface area contributed by atoms with Crippen molar-refractivity contribution in [1.82, 2.24) is 34.3 Å². The highest BCUT2D eigenvalue weighted by atomic mass is 35.5. The molecule has 0 saturated heterocycles. The lowest BCUT2D eigenvalue weighted by Crippen LogP contribution is -2.18. The summed E-state index contributed by atoms with van der Waals surface area (Å²) in [4.78, 5) is 25.5. The van der Waals surface area contributed by atoms with Crippen LogP contribution in [0.1, 0.15) is 10.5 Å². The van der Waals surface area contributed by atoms with Crippen LogP contribution in [0.3, 0.4) is 0 Å². The van der Waals surface area contributed by atoms with Gasteiger partial charge >= 0.3 is 0 Å². The summed E-state index contributed by atoms with van der Waals surface area (Å²) in [6, 6.07) is 10.7. The van der Waals surface area contributed by atoms with Crippen molar-refractivity contribution in [2.45, 2.75) is 0 Å². The molecule has 4 heterocycles. The molecule has 0 fully saturated rings. The summed E-state index contributed by atoms with van der Waals surface area (Å²) in [5.41, 5.74) is 2.04. The first-order valence-corrected chi connectivity index (χ1v) is 9.79. The van der Waals surface area contributed by atoms with Crippen LogP contribution in [-0.4, -0.2) is 40.3 Å². The van der Waals surface area contributed by atoms with Crippen LogP contribution in [0.15, 0.2) is 61.3 Å². The van der Waals surface area contributed by atoms with Crippen LogP contribution in [0.4, 0.5) is 10.1 Å². The summed E-state index contributed by atoms with van der Waals surface area (Å²) in [6.07, 6.45) is 5.37. The topological polar surface area (TPSA) is 103 Å². The first-order valence-electron chi connectivity index (χ1n) is 9.42. The molecule has 158 valence electrons. The molecule has 4 aromatic heterocycles. The van der Waals surface area contributed by atoms with E-state index in [4.69, 9.17) is 11.6 Å². The highest BCUT2D eigenvalue weighted by Crippen LogP contribution is 2.28. The van der Waals surface area contributed by atoms with E-state index in [9.17, 15) is 9.18 Å². The minimum Gasteiger partial charge on any atom is -0.318 e. The van der Waals surface area contributed by atoms with Gasteiger partial charge in [-0.05, 0) is 0 Å². The van der Waals surface area contributed by atoms with Gasteiger partial charge in [0.2, 0.25) is 0 Å². The Balaban J connectivity index is 1.50. The summed E-state index contributed by atoms with van der Waals surface area (Å²) >= 11 is 6.18. The lowest BCUT2D eigenvalue weighted by atomic mass is 10.1. The van der Waals surface area contributed by atoms with E-state index in [-0.39, 0.29) is 16.4 Å². The van der Waals surface area contributed by atoms with Gasteiger partial charge in [0.1, 0.15) is 12.0 Å². The van der Waals surface area contributed by atoms with Crippen LogP contribution in [0.25, 0.3) is 28.3 Å². The van der Waals surface area contributed by atoms with Gasteiger partial charge in [0.25, 0.3) is 5.91 Å². The number of pyridine rings is 1. The van der Waals surface area contributed by atoms with Crippen LogP contribution in [0.2, 0.25) is 5.02 Å². The number of rotatable bonds is 4. The minimum absolute atomic E-state index is 0.0459. The SMILES string of the molecule is Cn1ncc(-c2ncncc2Cl)c1C(=O)Nc1cc2nc(-c3ccccc3)nn2cc1F. The van der Waals surface area contributed by atoms with Crippen molar-refractivity contribution in [3.8, 4) is 22.6 Å². The van der Waals surface area contributed by atoms with Gasteiger partial charge in [-0.25, -0.2) is 23.9 Å². The molecule has 5 rings (SSSR count). The molecule has 1 aromatic carbocycles. The summed E-state index contributed by atoms with van der Waals surface area (Å²) in [5, 5.41) is 11.3. The molecule has 0 spiro atoms. The van der Waals surface area contributed by atoms with E-state index in [1.54, 1.807) is 7.05 Å². The number of nitrogens with zero attached hydrogens (tertiary/aromatic N) is 7. The Bertz CT molecular complexity index is 1460. The molecule has 1 N–H and O–H groups in total. The van der Waals surface area contributed by atoms with E-state index >= 15 is 0 Å². The van der Waals surface area contributed by atoms with Crippen LogP contribution in [-0.2, 0) is 7.05 Å². The fraction of sp³-hybridized carbons (Fsp3) is 0.0476. The summed E-state index contributed by atoms with van der Waals surface area (Å²) in [6.45, 7) is 0. The molecule has 32 heavy (non-hydrogen) atoms. The third kappa shape index (κ3) is 3.46. The Morgan fingerprint density at radius 2 is 2.00 bits per heavy atom. The second-order valence-corrected chi connectivity index (χ2v) is 7.25. The number of anilines is 1. The Hall–Kier alpha value is -4.18. The molecular weight excluding hydrogens is 435 g/mol. The summed E-state index contributed by atoms with van der Waals surface area (Å²) < 4.78 is 17.4. The third-order valence-corrected chi connectivity index (χ3v) is 5.06. The van der Waals surface area contributed by atoms with Crippen LogP contribution < -0.4 is 5.32 Å². The maximum absolute atomic E-state index is 14.8. The highest BCUT2D eigenvalue weighted by molar-refractivity contribution is 6.33. The highest BCUT2D eigenvalue weighted by Gasteiger charge is 2.22. The molecule has 0 aliphatic heterocycles. The maximum Gasteiger partial charge on any atom is 0.274 e. The number of carbonyl (C=O) groups is 1. The van der Waals surface area contributed by atoms with Gasteiger partial charge < -0.3 is 5.32 Å². The number of aromatic nitrogens is 7. The maximum atomic E-state index is 14.8.